The van der Waals surface area contributed by atoms with Gasteiger partial charge in [0.15, 0.2) is 0 Å². The third kappa shape index (κ3) is 2.46. The Morgan fingerprint density at radius 3 is 2.80 bits per heavy atom. The normalized spacial score (nSPS) is 13.7. The Hall–Kier alpha value is -2.08. The largest absolute Gasteiger partial charge is 0.384 e. The quantitative estimate of drug-likeness (QED) is 0.914. The van der Waals surface area contributed by atoms with Crippen molar-refractivity contribution in [1.29, 1.82) is 0 Å². The van der Waals surface area contributed by atoms with Gasteiger partial charge >= 0.3 is 0 Å². The van der Waals surface area contributed by atoms with Crippen LogP contribution in [0.3, 0.4) is 0 Å². The molecule has 2 aromatic carbocycles. The van der Waals surface area contributed by atoms with Crippen molar-refractivity contribution in [3.63, 3.8) is 0 Å². The van der Waals surface area contributed by atoms with Crippen LogP contribution in [0.4, 0.5) is 15.8 Å². The number of sulfonamides is 1. The first-order chi connectivity index (χ1) is 9.54. The molecule has 2 aromatic rings. The van der Waals surface area contributed by atoms with Gasteiger partial charge in [0, 0.05) is 17.9 Å². The molecule has 6 heteroatoms. The van der Waals surface area contributed by atoms with Gasteiger partial charge in [-0.25, -0.2) is 12.8 Å². The van der Waals surface area contributed by atoms with Crippen LogP contribution in [-0.2, 0) is 16.4 Å². The van der Waals surface area contributed by atoms with Crippen LogP contribution in [0.5, 0.6) is 0 Å². The van der Waals surface area contributed by atoms with E-state index in [2.05, 4.69) is 10.0 Å². The highest BCUT2D eigenvalue weighted by molar-refractivity contribution is 7.92. The summed E-state index contributed by atoms with van der Waals surface area (Å²) in [6.45, 7) is 0.857. The maximum absolute atomic E-state index is 13.1. The molecule has 0 fully saturated rings. The Kier molecular flexibility index (Phi) is 3.10. The minimum atomic E-state index is -3.76. The van der Waals surface area contributed by atoms with E-state index >= 15 is 0 Å². The molecule has 1 heterocycles. The summed E-state index contributed by atoms with van der Waals surface area (Å²) in [5, 5.41) is 3.20. The molecule has 0 saturated carbocycles. The molecule has 0 amide bonds. The number of halogens is 1. The van der Waals surface area contributed by atoms with E-state index in [9.17, 15) is 12.8 Å². The van der Waals surface area contributed by atoms with Gasteiger partial charge in [0.2, 0.25) is 0 Å². The third-order valence-corrected chi connectivity index (χ3v) is 4.55. The molecule has 0 spiro atoms. The van der Waals surface area contributed by atoms with Crippen molar-refractivity contribution < 1.29 is 12.8 Å². The summed E-state index contributed by atoms with van der Waals surface area (Å²) < 4.78 is 39.9. The van der Waals surface area contributed by atoms with Gasteiger partial charge in [-0.1, -0.05) is 6.07 Å². The Balaban J connectivity index is 1.90. The van der Waals surface area contributed by atoms with Gasteiger partial charge in [-0.15, -0.1) is 0 Å². The fourth-order valence-electron chi connectivity index (χ4n) is 2.22. The van der Waals surface area contributed by atoms with Gasteiger partial charge in [-0.2, -0.15) is 0 Å². The summed E-state index contributed by atoms with van der Waals surface area (Å²) in [5.74, 6) is -0.578. The maximum atomic E-state index is 13.1. The summed E-state index contributed by atoms with van der Waals surface area (Å²) in [7, 11) is -3.76. The van der Waals surface area contributed by atoms with Crippen molar-refractivity contribution in [2.75, 3.05) is 16.6 Å². The SMILES string of the molecule is O=S(=O)(Nc1ccc2c(c1)CCN2)c1cccc(F)c1. The first-order valence-corrected chi connectivity index (χ1v) is 7.68. The lowest BCUT2D eigenvalue weighted by Crippen LogP contribution is -2.13. The molecular weight excluding hydrogens is 279 g/mol. The van der Waals surface area contributed by atoms with Gasteiger partial charge < -0.3 is 5.32 Å². The molecule has 3 rings (SSSR count). The van der Waals surface area contributed by atoms with E-state index in [-0.39, 0.29) is 4.90 Å². The molecule has 0 unspecified atom stereocenters. The van der Waals surface area contributed by atoms with Crippen molar-refractivity contribution in [1.82, 2.24) is 0 Å². The summed E-state index contributed by atoms with van der Waals surface area (Å²) in [4.78, 5) is -0.0869. The van der Waals surface area contributed by atoms with Gasteiger partial charge in [-0.3, -0.25) is 4.72 Å². The summed E-state index contributed by atoms with van der Waals surface area (Å²) in [5.41, 5.74) is 2.58. The van der Waals surface area contributed by atoms with E-state index in [1.807, 2.05) is 6.07 Å². The first kappa shape index (κ1) is 12.9. The molecule has 0 saturated heterocycles. The molecule has 1 aliphatic rings. The highest BCUT2D eigenvalue weighted by atomic mass is 32.2. The van der Waals surface area contributed by atoms with Gasteiger partial charge in [0.05, 0.1) is 4.90 Å². The van der Waals surface area contributed by atoms with E-state index in [0.29, 0.717) is 5.69 Å². The molecule has 0 bridgehead atoms. The molecule has 2 N–H and O–H groups in total. The minimum Gasteiger partial charge on any atom is -0.384 e. The number of benzene rings is 2. The predicted molar refractivity (Wildman–Crippen MR) is 75.8 cm³/mol. The van der Waals surface area contributed by atoms with Crippen LogP contribution in [0.25, 0.3) is 0 Å². The molecule has 20 heavy (non-hydrogen) atoms. The van der Waals surface area contributed by atoms with Crippen LogP contribution in [-0.4, -0.2) is 15.0 Å². The number of hydrogen-bond donors (Lipinski definition) is 2. The molecule has 0 radical (unpaired) electrons. The van der Waals surface area contributed by atoms with E-state index in [1.165, 1.54) is 18.2 Å². The van der Waals surface area contributed by atoms with Gasteiger partial charge in [-0.05, 0) is 48.4 Å². The number of rotatable bonds is 3. The average Bonchev–Trinajstić information content (AvgIpc) is 2.85. The number of hydrogen-bond acceptors (Lipinski definition) is 3. The third-order valence-electron chi connectivity index (χ3n) is 3.17. The van der Waals surface area contributed by atoms with Crippen molar-refractivity contribution >= 4 is 21.4 Å². The fourth-order valence-corrected chi connectivity index (χ4v) is 3.30. The lowest BCUT2D eigenvalue weighted by Gasteiger charge is -2.09. The second-order valence-electron chi connectivity index (χ2n) is 4.61. The molecule has 104 valence electrons. The molecule has 4 nitrogen and oxygen atoms in total. The summed E-state index contributed by atoms with van der Waals surface area (Å²) in [6.07, 6.45) is 0.866. The Bertz CT molecular complexity index is 760. The second kappa shape index (κ2) is 4.79. The van der Waals surface area contributed by atoms with Crippen molar-refractivity contribution in [3.05, 3.63) is 53.8 Å². The molecule has 0 aliphatic carbocycles. The van der Waals surface area contributed by atoms with Crippen LogP contribution >= 0.6 is 0 Å². The van der Waals surface area contributed by atoms with Crippen molar-refractivity contribution in [2.45, 2.75) is 11.3 Å². The van der Waals surface area contributed by atoms with Crippen LogP contribution < -0.4 is 10.0 Å². The molecule has 0 atom stereocenters. The highest BCUT2D eigenvalue weighted by Crippen LogP contribution is 2.26. The van der Waals surface area contributed by atoms with Gasteiger partial charge in [0.1, 0.15) is 5.82 Å². The van der Waals surface area contributed by atoms with E-state index < -0.39 is 15.8 Å². The number of anilines is 2. The number of nitrogens with one attached hydrogen (secondary N) is 2. The second-order valence-corrected chi connectivity index (χ2v) is 6.29. The molecule has 0 aromatic heterocycles. The summed E-state index contributed by atoms with van der Waals surface area (Å²) in [6, 6.07) is 10.3. The zero-order valence-corrected chi connectivity index (χ0v) is 11.4. The molecule has 1 aliphatic heterocycles. The average molecular weight is 292 g/mol. The Morgan fingerprint density at radius 1 is 1.15 bits per heavy atom. The monoisotopic (exact) mass is 292 g/mol. The van der Waals surface area contributed by atoms with Crippen LogP contribution in [0.1, 0.15) is 5.56 Å². The summed E-state index contributed by atoms with van der Waals surface area (Å²) >= 11 is 0. The van der Waals surface area contributed by atoms with E-state index in [4.69, 9.17) is 0 Å². The van der Waals surface area contributed by atoms with Crippen molar-refractivity contribution in [2.24, 2.45) is 0 Å². The zero-order valence-electron chi connectivity index (χ0n) is 10.6. The van der Waals surface area contributed by atoms with Gasteiger partial charge in [0.25, 0.3) is 10.0 Å². The topological polar surface area (TPSA) is 58.2 Å². The van der Waals surface area contributed by atoms with Crippen LogP contribution in [0, 0.1) is 5.82 Å². The minimum absolute atomic E-state index is 0.0869. The Labute approximate surface area is 116 Å². The maximum Gasteiger partial charge on any atom is 0.261 e. The number of fused-ring (bicyclic) bond motifs is 1. The Morgan fingerprint density at radius 2 is 2.00 bits per heavy atom. The predicted octanol–water partition coefficient (Wildman–Crippen LogP) is 2.59. The lowest BCUT2D eigenvalue weighted by atomic mass is 10.1. The highest BCUT2D eigenvalue weighted by Gasteiger charge is 2.16. The zero-order chi connectivity index (χ0) is 14.2. The first-order valence-electron chi connectivity index (χ1n) is 6.20. The molecular formula is C14H13FN2O2S. The van der Waals surface area contributed by atoms with E-state index in [0.717, 1.165) is 30.3 Å². The van der Waals surface area contributed by atoms with Crippen LogP contribution in [0.2, 0.25) is 0 Å². The van der Waals surface area contributed by atoms with E-state index in [1.54, 1.807) is 12.1 Å². The standard InChI is InChI=1S/C14H13FN2O2S/c15-11-2-1-3-13(9-11)20(18,19)17-12-4-5-14-10(8-12)6-7-16-14/h1-5,8-9,16-17H,6-7H2. The fraction of sp³-hybridized carbons (Fsp3) is 0.143. The van der Waals surface area contributed by atoms with Crippen molar-refractivity contribution in [3.8, 4) is 0 Å². The smallest absolute Gasteiger partial charge is 0.261 e. The lowest BCUT2D eigenvalue weighted by molar-refractivity contribution is 0.595. The van der Waals surface area contributed by atoms with Crippen LogP contribution in [0.15, 0.2) is 47.4 Å².